The predicted molar refractivity (Wildman–Crippen MR) is 45.7 cm³/mol. The van der Waals surface area contributed by atoms with Crippen molar-refractivity contribution < 1.29 is 0 Å². The summed E-state index contributed by atoms with van der Waals surface area (Å²) in [5.41, 5.74) is 0. The highest BCUT2D eigenvalue weighted by Crippen LogP contribution is 2.25. The molecule has 2 rings (SSSR count). The van der Waals surface area contributed by atoms with Crippen LogP contribution in [0, 0.1) is 5.38 Å². The Labute approximate surface area is 68.1 Å². The zero-order chi connectivity index (χ0) is 6.97. The molecule has 49 valence electrons. The fourth-order valence-electron chi connectivity index (χ4n) is 0.899. The maximum atomic E-state index is 5.87. The van der Waals surface area contributed by atoms with Crippen LogP contribution < -0.4 is 0 Å². The Morgan fingerprint density at radius 2 is 2.30 bits per heavy atom. The summed E-state index contributed by atoms with van der Waals surface area (Å²) >= 11 is 7.43. The first-order valence-corrected chi connectivity index (χ1v) is 4.17. The third kappa shape index (κ3) is 0.825. The van der Waals surface area contributed by atoms with Gasteiger partial charge in [0.15, 0.2) is 0 Å². The first kappa shape index (κ1) is 6.20. The second-order valence-corrected chi connectivity index (χ2v) is 3.12. The van der Waals surface area contributed by atoms with E-state index in [0.717, 1.165) is 10.4 Å². The molecule has 0 fully saturated rings. The van der Waals surface area contributed by atoms with Gasteiger partial charge in [0.25, 0.3) is 0 Å². The van der Waals surface area contributed by atoms with E-state index in [1.165, 1.54) is 5.39 Å². The average molecular weight is 168 g/mol. The van der Waals surface area contributed by atoms with Gasteiger partial charge in [0.05, 0.1) is 5.38 Å². The molecule has 0 aliphatic rings. The lowest BCUT2D eigenvalue weighted by Gasteiger charge is -1.89. The number of hydrogen-bond acceptors (Lipinski definition) is 1. The predicted octanol–water partition coefficient (Wildman–Crippen LogP) is 3.35. The molecule has 0 aliphatic heterocycles. The number of thiophene rings is 1. The number of hydrogen-bond donors (Lipinski definition) is 0. The molecule has 1 aromatic carbocycles. The second kappa shape index (κ2) is 2.26. The minimum absolute atomic E-state index is 0.791. The SMILES string of the molecule is Clc1cccc2cs[c]c12. The molecular formula is C8H4ClS. The quantitative estimate of drug-likeness (QED) is 0.565. The first-order chi connectivity index (χ1) is 4.88. The van der Waals surface area contributed by atoms with E-state index in [-0.39, 0.29) is 0 Å². The van der Waals surface area contributed by atoms with Crippen LogP contribution in [0.2, 0.25) is 5.02 Å². The summed E-state index contributed by atoms with van der Waals surface area (Å²) in [5.74, 6) is 0. The van der Waals surface area contributed by atoms with E-state index in [1.54, 1.807) is 11.3 Å². The highest BCUT2D eigenvalue weighted by molar-refractivity contribution is 7.08. The normalized spacial score (nSPS) is 10.5. The molecule has 0 unspecified atom stereocenters. The third-order valence-electron chi connectivity index (χ3n) is 1.39. The summed E-state index contributed by atoms with van der Waals surface area (Å²) in [6.07, 6.45) is 0. The average Bonchev–Trinajstić information content (AvgIpc) is 2.36. The van der Waals surface area contributed by atoms with Gasteiger partial charge in [0, 0.05) is 10.4 Å². The number of halogens is 1. The molecule has 0 spiro atoms. The van der Waals surface area contributed by atoms with Crippen LogP contribution in [0.15, 0.2) is 23.6 Å². The van der Waals surface area contributed by atoms with Crippen molar-refractivity contribution in [1.82, 2.24) is 0 Å². The Bertz CT molecular complexity index is 351. The standard InChI is InChI=1S/C8H4ClS/c9-8-3-1-2-6-4-10-5-7(6)8/h1-4H. The lowest BCUT2D eigenvalue weighted by atomic mass is 10.2. The molecule has 1 aromatic heterocycles. The van der Waals surface area contributed by atoms with Crippen molar-refractivity contribution in [2.75, 3.05) is 0 Å². The van der Waals surface area contributed by atoms with Gasteiger partial charge >= 0.3 is 0 Å². The molecule has 2 heteroatoms. The van der Waals surface area contributed by atoms with Crippen LogP contribution in [0.1, 0.15) is 0 Å². The minimum atomic E-state index is 0.791. The van der Waals surface area contributed by atoms with Crippen LogP contribution in [-0.4, -0.2) is 0 Å². The molecule has 0 atom stereocenters. The number of fused-ring (bicyclic) bond motifs is 1. The highest BCUT2D eigenvalue weighted by Gasteiger charge is 1.96. The van der Waals surface area contributed by atoms with Gasteiger partial charge in [-0.3, -0.25) is 0 Å². The molecule has 0 bridgehead atoms. The molecule has 0 aliphatic carbocycles. The zero-order valence-electron chi connectivity index (χ0n) is 5.10. The van der Waals surface area contributed by atoms with Gasteiger partial charge in [-0.2, -0.15) is 0 Å². The third-order valence-corrected chi connectivity index (χ3v) is 2.40. The lowest BCUT2D eigenvalue weighted by molar-refractivity contribution is 1.84. The molecule has 0 saturated heterocycles. The van der Waals surface area contributed by atoms with Gasteiger partial charge < -0.3 is 0 Å². The van der Waals surface area contributed by atoms with Crippen LogP contribution in [0.3, 0.4) is 0 Å². The van der Waals surface area contributed by atoms with Gasteiger partial charge in [-0.15, -0.1) is 11.3 Å². The number of benzene rings is 1. The Kier molecular flexibility index (Phi) is 1.40. The van der Waals surface area contributed by atoms with Crippen LogP contribution >= 0.6 is 22.9 Å². The van der Waals surface area contributed by atoms with E-state index >= 15 is 0 Å². The molecule has 0 N–H and O–H groups in total. The van der Waals surface area contributed by atoms with Gasteiger partial charge in [0.2, 0.25) is 0 Å². The van der Waals surface area contributed by atoms with E-state index in [9.17, 15) is 0 Å². The highest BCUT2D eigenvalue weighted by atomic mass is 35.5. The van der Waals surface area contributed by atoms with Crippen molar-refractivity contribution in [2.24, 2.45) is 0 Å². The number of rotatable bonds is 0. The summed E-state index contributed by atoms with van der Waals surface area (Å²) in [5, 5.41) is 8.15. The molecule has 10 heavy (non-hydrogen) atoms. The van der Waals surface area contributed by atoms with E-state index in [2.05, 4.69) is 5.38 Å². The maximum Gasteiger partial charge on any atom is 0.0543 e. The fourth-order valence-corrected chi connectivity index (χ4v) is 1.91. The summed E-state index contributed by atoms with van der Waals surface area (Å²) < 4.78 is 0. The Balaban J connectivity index is 2.95. The van der Waals surface area contributed by atoms with Gasteiger partial charge in [-0.1, -0.05) is 23.7 Å². The summed E-state index contributed by atoms with van der Waals surface area (Å²) in [4.78, 5) is 0. The van der Waals surface area contributed by atoms with Crippen LogP contribution in [0.25, 0.3) is 10.8 Å². The van der Waals surface area contributed by atoms with Crippen LogP contribution in [0.4, 0.5) is 0 Å². The maximum absolute atomic E-state index is 5.87. The monoisotopic (exact) mass is 167 g/mol. The molecular weight excluding hydrogens is 164 g/mol. The summed E-state index contributed by atoms with van der Waals surface area (Å²) in [7, 11) is 0. The molecule has 0 saturated carbocycles. The van der Waals surface area contributed by atoms with Crippen molar-refractivity contribution in [3.8, 4) is 0 Å². The molecule has 1 radical (unpaired) electrons. The molecule has 0 nitrogen and oxygen atoms in total. The summed E-state index contributed by atoms with van der Waals surface area (Å²) in [6.45, 7) is 0. The van der Waals surface area contributed by atoms with Crippen LogP contribution in [0.5, 0.6) is 0 Å². The molecule has 0 amide bonds. The van der Waals surface area contributed by atoms with Crippen LogP contribution in [-0.2, 0) is 0 Å². The first-order valence-electron chi connectivity index (χ1n) is 2.91. The van der Waals surface area contributed by atoms with Gasteiger partial charge in [-0.25, -0.2) is 0 Å². The minimum Gasteiger partial charge on any atom is -0.142 e. The second-order valence-electron chi connectivity index (χ2n) is 2.04. The topological polar surface area (TPSA) is 0 Å². The van der Waals surface area contributed by atoms with E-state index < -0.39 is 0 Å². The smallest absolute Gasteiger partial charge is 0.0543 e. The van der Waals surface area contributed by atoms with Crippen molar-refractivity contribution in [2.45, 2.75) is 0 Å². The van der Waals surface area contributed by atoms with Gasteiger partial charge in [0.1, 0.15) is 0 Å². The fraction of sp³-hybridized carbons (Fsp3) is 0. The van der Waals surface area contributed by atoms with E-state index in [0.29, 0.717) is 0 Å². The van der Waals surface area contributed by atoms with Crippen molar-refractivity contribution in [1.29, 1.82) is 0 Å². The van der Waals surface area contributed by atoms with E-state index in [1.807, 2.05) is 23.6 Å². The van der Waals surface area contributed by atoms with Crippen molar-refractivity contribution in [3.63, 3.8) is 0 Å². The summed E-state index contributed by atoms with van der Waals surface area (Å²) in [6, 6.07) is 5.87. The van der Waals surface area contributed by atoms with E-state index in [4.69, 9.17) is 11.6 Å². The Hall–Kier alpha value is -0.530. The molecule has 2 aromatic rings. The lowest BCUT2D eigenvalue weighted by Crippen LogP contribution is -1.63. The Morgan fingerprint density at radius 3 is 3.10 bits per heavy atom. The van der Waals surface area contributed by atoms with Crippen molar-refractivity contribution in [3.05, 3.63) is 34.0 Å². The Morgan fingerprint density at radius 1 is 1.40 bits per heavy atom. The molecule has 1 heterocycles. The largest absolute Gasteiger partial charge is 0.142 e. The van der Waals surface area contributed by atoms with Gasteiger partial charge in [-0.05, 0) is 16.8 Å². The van der Waals surface area contributed by atoms with Crippen molar-refractivity contribution >= 4 is 33.7 Å². The zero-order valence-corrected chi connectivity index (χ0v) is 6.67.